The van der Waals surface area contributed by atoms with E-state index in [0.29, 0.717) is 42.8 Å². The van der Waals surface area contributed by atoms with Crippen molar-refractivity contribution in [2.75, 3.05) is 26.2 Å². The molecule has 154 valence electrons. The molecule has 0 aliphatic carbocycles. The summed E-state index contributed by atoms with van der Waals surface area (Å²) in [6, 6.07) is 12.1. The summed E-state index contributed by atoms with van der Waals surface area (Å²) in [7, 11) is 0. The number of benzene rings is 1. The number of aromatic nitrogens is 3. The standard InChI is InChI=1S/C21H21N5O4/c27-18(13-15-5-3-4-8-22-15)24-9-11-25(12-10-24)19(28)14-26-20(29)16-6-1-2-7-17(16)23-21(26)30/h1-8H,9-14H2,(H,23,30). The van der Waals surface area contributed by atoms with Gasteiger partial charge in [-0.2, -0.15) is 0 Å². The topological polar surface area (TPSA) is 108 Å². The number of hydrogen-bond acceptors (Lipinski definition) is 5. The minimum atomic E-state index is -0.615. The normalized spacial score (nSPS) is 14.1. The number of amides is 2. The van der Waals surface area contributed by atoms with E-state index in [2.05, 4.69) is 9.97 Å². The van der Waals surface area contributed by atoms with Crippen LogP contribution in [-0.4, -0.2) is 62.3 Å². The average Bonchev–Trinajstić information content (AvgIpc) is 2.77. The summed E-state index contributed by atoms with van der Waals surface area (Å²) in [6.07, 6.45) is 1.87. The number of pyridine rings is 1. The predicted octanol–water partition coefficient (Wildman–Crippen LogP) is -0.00170. The van der Waals surface area contributed by atoms with Crippen LogP contribution in [-0.2, 0) is 22.6 Å². The monoisotopic (exact) mass is 407 g/mol. The lowest BCUT2D eigenvalue weighted by Gasteiger charge is -2.34. The first-order valence-electron chi connectivity index (χ1n) is 9.70. The lowest BCUT2D eigenvalue weighted by Crippen LogP contribution is -2.52. The number of piperazine rings is 1. The van der Waals surface area contributed by atoms with Crippen LogP contribution in [0.25, 0.3) is 10.9 Å². The van der Waals surface area contributed by atoms with Crippen molar-refractivity contribution in [3.63, 3.8) is 0 Å². The summed E-state index contributed by atoms with van der Waals surface area (Å²) >= 11 is 0. The van der Waals surface area contributed by atoms with E-state index in [-0.39, 0.29) is 24.8 Å². The van der Waals surface area contributed by atoms with Crippen LogP contribution in [0.3, 0.4) is 0 Å². The maximum absolute atomic E-state index is 12.7. The van der Waals surface area contributed by atoms with Crippen LogP contribution in [0.5, 0.6) is 0 Å². The molecule has 0 atom stereocenters. The van der Waals surface area contributed by atoms with Gasteiger partial charge in [0.25, 0.3) is 5.56 Å². The zero-order chi connectivity index (χ0) is 21.1. The number of carbonyl (C=O) groups excluding carboxylic acids is 2. The third kappa shape index (κ3) is 4.00. The van der Waals surface area contributed by atoms with E-state index in [1.807, 2.05) is 6.07 Å². The van der Waals surface area contributed by atoms with Gasteiger partial charge in [-0.15, -0.1) is 0 Å². The molecule has 1 saturated heterocycles. The molecule has 0 radical (unpaired) electrons. The summed E-state index contributed by atoms with van der Waals surface area (Å²) in [5.74, 6) is -0.363. The number of fused-ring (bicyclic) bond motifs is 1. The maximum atomic E-state index is 12.7. The van der Waals surface area contributed by atoms with Crippen molar-refractivity contribution in [3.05, 3.63) is 75.2 Å². The second-order valence-electron chi connectivity index (χ2n) is 7.13. The Morgan fingerprint density at radius 3 is 2.27 bits per heavy atom. The molecule has 3 heterocycles. The lowest BCUT2D eigenvalue weighted by molar-refractivity contribution is -0.139. The van der Waals surface area contributed by atoms with Gasteiger partial charge in [0.2, 0.25) is 11.8 Å². The van der Waals surface area contributed by atoms with Gasteiger partial charge in [0.15, 0.2) is 0 Å². The summed E-state index contributed by atoms with van der Waals surface area (Å²) in [6.45, 7) is 1.18. The molecule has 1 fully saturated rings. The second kappa shape index (κ2) is 8.32. The molecule has 30 heavy (non-hydrogen) atoms. The van der Waals surface area contributed by atoms with Gasteiger partial charge in [0, 0.05) is 38.1 Å². The smallest absolute Gasteiger partial charge is 0.329 e. The molecule has 0 unspecified atom stereocenters. The van der Waals surface area contributed by atoms with Crippen molar-refractivity contribution in [2.24, 2.45) is 0 Å². The van der Waals surface area contributed by atoms with Crippen LogP contribution in [0.2, 0.25) is 0 Å². The van der Waals surface area contributed by atoms with Crippen LogP contribution in [0.4, 0.5) is 0 Å². The molecule has 0 saturated carbocycles. The number of nitrogens with zero attached hydrogens (tertiary/aromatic N) is 4. The molecular formula is C21H21N5O4. The first-order chi connectivity index (χ1) is 14.5. The van der Waals surface area contributed by atoms with Gasteiger partial charge in [0.1, 0.15) is 6.54 Å². The van der Waals surface area contributed by atoms with Crippen LogP contribution in [0, 0.1) is 0 Å². The number of rotatable bonds is 4. The largest absolute Gasteiger partial charge is 0.339 e. The molecule has 1 N–H and O–H groups in total. The molecule has 1 aliphatic heterocycles. The van der Waals surface area contributed by atoms with Gasteiger partial charge in [-0.25, -0.2) is 4.79 Å². The molecule has 3 aromatic rings. The fourth-order valence-corrected chi connectivity index (χ4v) is 3.55. The van der Waals surface area contributed by atoms with E-state index < -0.39 is 11.2 Å². The molecule has 9 nitrogen and oxygen atoms in total. The Bertz CT molecular complexity index is 1190. The van der Waals surface area contributed by atoms with Gasteiger partial charge in [-0.3, -0.25) is 23.9 Å². The Labute approximate surface area is 171 Å². The number of aromatic amines is 1. The Kier molecular flexibility index (Phi) is 5.42. The van der Waals surface area contributed by atoms with Crippen molar-refractivity contribution < 1.29 is 9.59 Å². The molecule has 4 rings (SSSR count). The van der Waals surface area contributed by atoms with E-state index in [1.54, 1.807) is 52.4 Å². The predicted molar refractivity (Wildman–Crippen MR) is 110 cm³/mol. The van der Waals surface area contributed by atoms with E-state index in [0.717, 1.165) is 4.57 Å². The lowest BCUT2D eigenvalue weighted by atomic mass is 10.2. The Hall–Kier alpha value is -3.75. The van der Waals surface area contributed by atoms with E-state index in [4.69, 9.17) is 0 Å². The molecule has 1 aromatic carbocycles. The molecule has 9 heteroatoms. The number of para-hydroxylation sites is 1. The molecule has 2 aromatic heterocycles. The van der Waals surface area contributed by atoms with Crippen LogP contribution in [0.15, 0.2) is 58.3 Å². The number of H-pyrrole nitrogens is 1. The highest BCUT2D eigenvalue weighted by atomic mass is 16.2. The van der Waals surface area contributed by atoms with Crippen LogP contribution >= 0.6 is 0 Å². The van der Waals surface area contributed by atoms with Crippen molar-refractivity contribution in [1.29, 1.82) is 0 Å². The maximum Gasteiger partial charge on any atom is 0.329 e. The quantitative estimate of drug-likeness (QED) is 0.655. The first kappa shape index (κ1) is 19.6. The van der Waals surface area contributed by atoms with Crippen molar-refractivity contribution in [2.45, 2.75) is 13.0 Å². The second-order valence-corrected chi connectivity index (χ2v) is 7.13. The SMILES string of the molecule is O=C(Cc1ccccn1)N1CCN(C(=O)Cn2c(=O)[nH]c3ccccc3c2=O)CC1. The average molecular weight is 407 g/mol. The van der Waals surface area contributed by atoms with Gasteiger partial charge >= 0.3 is 5.69 Å². The van der Waals surface area contributed by atoms with Gasteiger partial charge in [0.05, 0.1) is 17.3 Å². The fraction of sp³-hybridized carbons (Fsp3) is 0.286. The highest BCUT2D eigenvalue weighted by Gasteiger charge is 2.25. The minimum absolute atomic E-state index is 0.0389. The molecular weight excluding hydrogens is 386 g/mol. The Morgan fingerprint density at radius 1 is 0.900 bits per heavy atom. The van der Waals surface area contributed by atoms with Gasteiger partial charge < -0.3 is 14.8 Å². The highest BCUT2D eigenvalue weighted by molar-refractivity contribution is 5.80. The molecule has 2 amide bonds. The molecule has 0 spiro atoms. The number of carbonyl (C=O) groups is 2. The van der Waals surface area contributed by atoms with E-state index in [1.165, 1.54) is 0 Å². The highest BCUT2D eigenvalue weighted by Crippen LogP contribution is 2.07. The number of nitrogens with one attached hydrogen (secondary N) is 1. The molecule has 1 aliphatic rings. The summed E-state index contributed by atoms with van der Waals surface area (Å²) in [5, 5.41) is 0.356. The minimum Gasteiger partial charge on any atom is -0.339 e. The Balaban J connectivity index is 1.39. The third-order valence-electron chi connectivity index (χ3n) is 5.23. The Morgan fingerprint density at radius 2 is 1.57 bits per heavy atom. The fourth-order valence-electron chi connectivity index (χ4n) is 3.55. The van der Waals surface area contributed by atoms with Crippen molar-refractivity contribution >= 4 is 22.7 Å². The van der Waals surface area contributed by atoms with E-state index in [9.17, 15) is 19.2 Å². The van der Waals surface area contributed by atoms with Crippen LogP contribution in [0.1, 0.15) is 5.69 Å². The first-order valence-corrected chi connectivity index (χ1v) is 9.70. The van der Waals surface area contributed by atoms with Gasteiger partial charge in [-0.05, 0) is 24.3 Å². The summed E-state index contributed by atoms with van der Waals surface area (Å²) < 4.78 is 0.920. The van der Waals surface area contributed by atoms with Crippen LogP contribution < -0.4 is 11.2 Å². The van der Waals surface area contributed by atoms with Crippen molar-refractivity contribution in [1.82, 2.24) is 24.3 Å². The zero-order valence-electron chi connectivity index (χ0n) is 16.3. The van der Waals surface area contributed by atoms with Crippen molar-refractivity contribution in [3.8, 4) is 0 Å². The number of hydrogen-bond donors (Lipinski definition) is 1. The van der Waals surface area contributed by atoms with Gasteiger partial charge in [-0.1, -0.05) is 18.2 Å². The third-order valence-corrected chi connectivity index (χ3v) is 5.23. The molecule has 0 bridgehead atoms. The zero-order valence-corrected chi connectivity index (χ0v) is 16.3. The van der Waals surface area contributed by atoms with E-state index >= 15 is 0 Å². The summed E-state index contributed by atoms with van der Waals surface area (Å²) in [5.41, 5.74) is 0.0373. The summed E-state index contributed by atoms with van der Waals surface area (Å²) in [4.78, 5) is 60.0.